The number of nitrogens with one attached hydrogen (secondary N) is 1. The van der Waals surface area contributed by atoms with Crippen molar-refractivity contribution < 1.29 is 13.2 Å². The predicted molar refractivity (Wildman–Crippen MR) is 65.3 cm³/mol. The van der Waals surface area contributed by atoms with Crippen molar-refractivity contribution in [2.75, 3.05) is 26.0 Å². The summed E-state index contributed by atoms with van der Waals surface area (Å²) in [5.41, 5.74) is 0. The number of hydrogen-bond acceptors (Lipinski definition) is 4. The van der Waals surface area contributed by atoms with Crippen molar-refractivity contribution in [2.45, 2.75) is 38.0 Å². The molecule has 0 amide bonds. The predicted octanol–water partition coefficient (Wildman–Crippen LogP) is 0.824. The number of hydrogen-bond donors (Lipinski definition) is 1. The van der Waals surface area contributed by atoms with Crippen molar-refractivity contribution in [1.82, 2.24) is 5.32 Å². The molecular weight excluding hydrogens is 226 g/mol. The van der Waals surface area contributed by atoms with E-state index in [1.807, 2.05) is 6.92 Å². The molecule has 0 bridgehead atoms. The zero-order valence-electron chi connectivity index (χ0n) is 10.4. The second kappa shape index (κ2) is 5.98. The first-order valence-corrected chi connectivity index (χ1v) is 7.68. The summed E-state index contributed by atoms with van der Waals surface area (Å²) in [6, 6.07) is 0.354. The van der Waals surface area contributed by atoms with Gasteiger partial charge >= 0.3 is 0 Å². The second-order valence-electron chi connectivity index (χ2n) is 4.50. The van der Waals surface area contributed by atoms with E-state index in [1.165, 1.54) is 7.11 Å². The van der Waals surface area contributed by atoms with Gasteiger partial charge in [-0.3, -0.25) is 0 Å². The van der Waals surface area contributed by atoms with Gasteiger partial charge in [0, 0.05) is 13.2 Å². The van der Waals surface area contributed by atoms with Crippen LogP contribution in [0.1, 0.15) is 26.7 Å². The molecule has 0 aromatic heterocycles. The van der Waals surface area contributed by atoms with Crippen LogP contribution >= 0.6 is 0 Å². The van der Waals surface area contributed by atoms with E-state index in [1.54, 1.807) is 0 Å². The van der Waals surface area contributed by atoms with Gasteiger partial charge in [0.2, 0.25) is 0 Å². The molecule has 0 heterocycles. The molecule has 0 radical (unpaired) electrons. The maximum absolute atomic E-state index is 12.0. The summed E-state index contributed by atoms with van der Waals surface area (Å²) in [5.74, 6) is 0.360. The normalized spacial score (nSPS) is 30.8. The maximum atomic E-state index is 12.0. The fraction of sp³-hybridized carbons (Fsp3) is 1.00. The molecule has 1 N–H and O–H groups in total. The lowest BCUT2D eigenvalue weighted by Crippen LogP contribution is -2.37. The van der Waals surface area contributed by atoms with Crippen LogP contribution in [0.2, 0.25) is 0 Å². The number of methoxy groups -OCH3 is 1. The van der Waals surface area contributed by atoms with Crippen LogP contribution in [-0.4, -0.2) is 45.7 Å². The van der Waals surface area contributed by atoms with Gasteiger partial charge in [-0.25, -0.2) is 8.42 Å². The van der Waals surface area contributed by atoms with Gasteiger partial charge in [0.25, 0.3) is 0 Å². The van der Waals surface area contributed by atoms with E-state index in [4.69, 9.17) is 4.74 Å². The van der Waals surface area contributed by atoms with Crippen LogP contribution in [0.15, 0.2) is 0 Å². The molecule has 5 heteroatoms. The summed E-state index contributed by atoms with van der Waals surface area (Å²) >= 11 is 0. The van der Waals surface area contributed by atoms with Crippen molar-refractivity contribution in [3.8, 4) is 0 Å². The van der Waals surface area contributed by atoms with Crippen LogP contribution in [0.3, 0.4) is 0 Å². The molecule has 0 aromatic rings. The smallest absolute Gasteiger partial charge is 0.155 e. The number of ether oxygens (including phenoxy) is 1. The average Bonchev–Trinajstić information content (AvgIpc) is 2.59. The second-order valence-corrected chi connectivity index (χ2v) is 6.84. The first-order valence-electron chi connectivity index (χ1n) is 5.96. The van der Waals surface area contributed by atoms with Crippen LogP contribution in [0, 0.1) is 5.92 Å². The van der Waals surface area contributed by atoms with Gasteiger partial charge in [0.15, 0.2) is 9.84 Å². The highest BCUT2D eigenvalue weighted by atomic mass is 32.2. The Balaban J connectivity index is 2.61. The Labute approximate surface area is 98.7 Å². The van der Waals surface area contributed by atoms with E-state index >= 15 is 0 Å². The Kier molecular flexibility index (Phi) is 5.21. The molecular formula is C11H23NO3S. The monoisotopic (exact) mass is 249 g/mol. The van der Waals surface area contributed by atoms with Gasteiger partial charge < -0.3 is 10.1 Å². The Hall–Kier alpha value is -0.130. The third kappa shape index (κ3) is 3.18. The van der Waals surface area contributed by atoms with Gasteiger partial charge in [0.05, 0.1) is 17.6 Å². The lowest BCUT2D eigenvalue weighted by atomic mass is 10.1. The molecule has 0 aliphatic heterocycles. The quantitative estimate of drug-likeness (QED) is 0.757. The highest BCUT2D eigenvalue weighted by molar-refractivity contribution is 7.92. The van der Waals surface area contributed by atoms with E-state index in [2.05, 4.69) is 12.2 Å². The van der Waals surface area contributed by atoms with Gasteiger partial charge in [-0.1, -0.05) is 13.8 Å². The van der Waals surface area contributed by atoms with Gasteiger partial charge in [-0.15, -0.1) is 0 Å². The van der Waals surface area contributed by atoms with E-state index in [0.717, 1.165) is 19.4 Å². The standard InChI is InChI=1S/C11H23NO3S/c1-4-12-10-5-6-11(9(10)2)16(13,14)8-7-15-3/h9-12H,4-8H2,1-3H3. The maximum Gasteiger partial charge on any atom is 0.155 e. The molecule has 0 spiro atoms. The van der Waals surface area contributed by atoms with Gasteiger partial charge in [-0.2, -0.15) is 0 Å². The Bertz CT molecular complexity index is 302. The summed E-state index contributed by atoms with van der Waals surface area (Å²) in [5, 5.41) is 3.17. The minimum atomic E-state index is -2.99. The first-order chi connectivity index (χ1) is 7.53. The average molecular weight is 249 g/mol. The van der Waals surface area contributed by atoms with E-state index in [9.17, 15) is 8.42 Å². The first kappa shape index (κ1) is 13.9. The SMILES string of the molecule is CCNC1CCC(S(=O)(=O)CCOC)C1C. The van der Waals surface area contributed by atoms with Crippen LogP contribution in [0.25, 0.3) is 0 Å². The molecule has 1 fully saturated rings. The minimum absolute atomic E-state index is 0.150. The summed E-state index contributed by atoms with van der Waals surface area (Å²) in [7, 11) is -1.45. The van der Waals surface area contributed by atoms with Crippen LogP contribution in [-0.2, 0) is 14.6 Å². The van der Waals surface area contributed by atoms with Crippen molar-refractivity contribution in [2.24, 2.45) is 5.92 Å². The van der Waals surface area contributed by atoms with Crippen LogP contribution in [0.5, 0.6) is 0 Å². The lowest BCUT2D eigenvalue weighted by Gasteiger charge is -2.21. The van der Waals surface area contributed by atoms with E-state index in [0.29, 0.717) is 12.6 Å². The van der Waals surface area contributed by atoms with Gasteiger partial charge in [0.1, 0.15) is 0 Å². The van der Waals surface area contributed by atoms with Crippen molar-refractivity contribution in [3.05, 3.63) is 0 Å². The molecule has 3 unspecified atom stereocenters. The zero-order chi connectivity index (χ0) is 12.2. The van der Waals surface area contributed by atoms with Crippen molar-refractivity contribution in [1.29, 1.82) is 0 Å². The fourth-order valence-electron chi connectivity index (χ4n) is 2.54. The topological polar surface area (TPSA) is 55.4 Å². The van der Waals surface area contributed by atoms with Gasteiger partial charge in [-0.05, 0) is 25.3 Å². The summed E-state index contributed by atoms with van der Waals surface area (Å²) in [6.45, 7) is 5.30. The Morgan fingerprint density at radius 1 is 1.38 bits per heavy atom. The van der Waals surface area contributed by atoms with Crippen molar-refractivity contribution in [3.63, 3.8) is 0 Å². The third-order valence-electron chi connectivity index (χ3n) is 3.48. The molecule has 3 atom stereocenters. The number of rotatable bonds is 6. The van der Waals surface area contributed by atoms with Crippen LogP contribution < -0.4 is 5.32 Å². The zero-order valence-corrected chi connectivity index (χ0v) is 11.2. The Morgan fingerprint density at radius 2 is 2.06 bits per heavy atom. The largest absolute Gasteiger partial charge is 0.384 e. The summed E-state index contributed by atoms with van der Waals surface area (Å²) in [4.78, 5) is 0. The van der Waals surface area contributed by atoms with Crippen molar-refractivity contribution >= 4 is 9.84 Å². The molecule has 0 saturated heterocycles. The molecule has 1 rings (SSSR count). The molecule has 0 aromatic carbocycles. The molecule has 1 aliphatic rings. The van der Waals surface area contributed by atoms with Crippen LogP contribution in [0.4, 0.5) is 0 Å². The molecule has 4 nitrogen and oxygen atoms in total. The summed E-state index contributed by atoms with van der Waals surface area (Å²) < 4.78 is 28.9. The Morgan fingerprint density at radius 3 is 2.62 bits per heavy atom. The fourth-order valence-corrected chi connectivity index (χ4v) is 4.58. The molecule has 16 heavy (non-hydrogen) atoms. The molecule has 1 aliphatic carbocycles. The lowest BCUT2D eigenvalue weighted by molar-refractivity contribution is 0.216. The van der Waals surface area contributed by atoms with E-state index in [-0.39, 0.29) is 16.9 Å². The number of sulfone groups is 1. The molecule has 96 valence electrons. The minimum Gasteiger partial charge on any atom is -0.384 e. The summed E-state index contributed by atoms with van der Waals surface area (Å²) in [6.07, 6.45) is 1.75. The molecule has 1 saturated carbocycles. The highest BCUT2D eigenvalue weighted by Gasteiger charge is 2.39. The van der Waals surface area contributed by atoms with E-state index < -0.39 is 9.84 Å². The highest BCUT2D eigenvalue weighted by Crippen LogP contribution is 2.31. The third-order valence-corrected chi connectivity index (χ3v) is 5.81.